The van der Waals surface area contributed by atoms with Gasteiger partial charge in [-0.15, -0.1) is 0 Å². The van der Waals surface area contributed by atoms with Crippen molar-refractivity contribution in [2.75, 3.05) is 9.80 Å². The summed E-state index contributed by atoms with van der Waals surface area (Å²) in [6, 6.07) is 81.0. The lowest BCUT2D eigenvalue weighted by Gasteiger charge is -2.28. The van der Waals surface area contributed by atoms with E-state index in [1.807, 2.05) is 0 Å². The van der Waals surface area contributed by atoms with Gasteiger partial charge in [0, 0.05) is 49.8 Å². The van der Waals surface area contributed by atoms with Gasteiger partial charge in [0.2, 0.25) is 0 Å². The van der Waals surface area contributed by atoms with Gasteiger partial charge >= 0.3 is 0 Å². The maximum Gasteiger partial charge on any atom is 0.138 e. The molecular formula is C83H70N4. The van der Waals surface area contributed by atoms with Crippen molar-refractivity contribution in [3.63, 3.8) is 0 Å². The summed E-state index contributed by atoms with van der Waals surface area (Å²) in [6.45, 7) is 23.0. The van der Waals surface area contributed by atoms with Crippen molar-refractivity contribution in [1.29, 1.82) is 0 Å². The van der Waals surface area contributed by atoms with Crippen molar-refractivity contribution in [3.05, 3.63) is 296 Å². The SMILES string of the molecule is Cc1cc(C)cc(N(c2ccc3c(c2)C(C)(C)c2cc(C=Cc4ccc5c(c4)C(C)(C)c4cc(C=Cc6ccc7c(c6)C(C)(C)c6cc(N(c8cc(C)cc(C)c8)c8ccc9ccccc9n8)ccc6-7)ccc4-5)ccc2-3)c2ccc3ccccc3n2)c1. The number of para-hydroxylation sites is 2. The maximum atomic E-state index is 5.22. The van der Waals surface area contributed by atoms with E-state index in [9.17, 15) is 0 Å². The molecule has 0 unspecified atom stereocenters. The summed E-state index contributed by atoms with van der Waals surface area (Å²) in [5.41, 5.74) is 31.4. The molecule has 10 aromatic carbocycles. The average molecular weight is 1120 g/mol. The Bertz CT molecular complexity index is 4560. The first-order chi connectivity index (χ1) is 41.9. The Labute approximate surface area is 512 Å². The monoisotopic (exact) mass is 1120 g/mol. The first kappa shape index (κ1) is 53.8. The van der Waals surface area contributed by atoms with E-state index in [1.54, 1.807) is 0 Å². The fourth-order valence-electron chi connectivity index (χ4n) is 14.7. The van der Waals surface area contributed by atoms with E-state index in [1.165, 1.54) is 111 Å². The van der Waals surface area contributed by atoms with Crippen LogP contribution in [0.2, 0.25) is 0 Å². The number of pyridine rings is 2. The number of anilines is 6. The van der Waals surface area contributed by atoms with E-state index in [4.69, 9.17) is 9.97 Å². The van der Waals surface area contributed by atoms with Crippen LogP contribution in [0.1, 0.15) is 119 Å². The van der Waals surface area contributed by atoms with Crippen LogP contribution in [-0.4, -0.2) is 9.97 Å². The number of benzene rings is 10. The lowest BCUT2D eigenvalue weighted by atomic mass is 9.81. The van der Waals surface area contributed by atoms with Crippen LogP contribution < -0.4 is 9.80 Å². The Morgan fingerprint density at radius 3 is 0.885 bits per heavy atom. The standard InChI is InChI=1S/C83H70N4/c1-51-39-52(2)42-63(41-51)86(79-37-27-59-15-11-13-17-77(59)84-79)61-29-35-69-67-33-25-57(47-73(67)82(7,8)75(69)49-61)21-19-55-23-31-65-66-32-24-56(46-72(66)81(5,6)71(65)45-55)20-22-58-26-34-68-70-36-30-62(50-76(70)83(9,10)74(68)48-58)87(64-43-53(3)40-54(4)44-64)80-38-28-60-16-12-14-18-78(60)85-80/h11-50H,1-10H3. The Morgan fingerprint density at radius 1 is 0.276 bits per heavy atom. The number of hydrogen-bond donors (Lipinski definition) is 0. The van der Waals surface area contributed by atoms with Crippen LogP contribution in [0.15, 0.2) is 218 Å². The minimum absolute atomic E-state index is 0.168. The number of aromatic nitrogens is 2. The van der Waals surface area contributed by atoms with E-state index >= 15 is 0 Å². The molecule has 4 nitrogen and oxygen atoms in total. The van der Waals surface area contributed by atoms with E-state index in [0.717, 1.165) is 56.2 Å². The zero-order valence-electron chi connectivity index (χ0n) is 51.4. The highest BCUT2D eigenvalue weighted by molar-refractivity contribution is 5.92. The number of nitrogens with zero attached hydrogens (tertiary/aromatic N) is 4. The van der Waals surface area contributed by atoms with Gasteiger partial charge in [-0.1, -0.05) is 199 Å². The molecular weight excluding hydrogens is 1050 g/mol. The Balaban J connectivity index is 0.670. The van der Waals surface area contributed by atoms with Crippen LogP contribution in [0, 0.1) is 27.7 Å². The topological polar surface area (TPSA) is 32.3 Å². The summed E-state index contributed by atoms with van der Waals surface area (Å²) in [4.78, 5) is 15.1. The zero-order chi connectivity index (χ0) is 59.7. The van der Waals surface area contributed by atoms with Gasteiger partial charge in [-0.2, -0.15) is 0 Å². The molecule has 0 saturated heterocycles. The highest BCUT2D eigenvalue weighted by Crippen LogP contribution is 2.54. The van der Waals surface area contributed by atoms with Gasteiger partial charge in [-0.3, -0.25) is 9.80 Å². The molecule has 2 aromatic heterocycles. The Morgan fingerprint density at radius 2 is 0.563 bits per heavy atom. The summed E-state index contributed by atoms with van der Waals surface area (Å²) in [5.74, 6) is 1.81. The first-order valence-electron chi connectivity index (χ1n) is 30.7. The van der Waals surface area contributed by atoms with Crippen LogP contribution in [-0.2, 0) is 16.2 Å². The van der Waals surface area contributed by atoms with E-state index in [0.29, 0.717) is 0 Å². The summed E-state index contributed by atoms with van der Waals surface area (Å²) < 4.78 is 0. The molecule has 422 valence electrons. The molecule has 3 aliphatic rings. The number of aryl methyl sites for hydroxylation is 4. The van der Waals surface area contributed by atoms with Crippen LogP contribution >= 0.6 is 0 Å². The molecule has 87 heavy (non-hydrogen) atoms. The van der Waals surface area contributed by atoms with Crippen molar-refractivity contribution in [1.82, 2.24) is 9.97 Å². The largest absolute Gasteiger partial charge is 0.295 e. The Kier molecular flexibility index (Phi) is 12.4. The van der Waals surface area contributed by atoms with E-state index in [2.05, 4.69) is 322 Å². The predicted octanol–water partition coefficient (Wildman–Crippen LogP) is 22.2. The molecule has 0 spiro atoms. The summed E-state index contributed by atoms with van der Waals surface area (Å²) >= 11 is 0. The third-order valence-corrected chi connectivity index (χ3v) is 19.1. The van der Waals surface area contributed by atoms with Gasteiger partial charge < -0.3 is 0 Å². The maximum absolute atomic E-state index is 5.22. The lowest BCUT2D eigenvalue weighted by Crippen LogP contribution is -2.17. The second-order valence-electron chi connectivity index (χ2n) is 26.3. The summed E-state index contributed by atoms with van der Waals surface area (Å²) in [7, 11) is 0. The van der Waals surface area contributed by atoms with Crippen molar-refractivity contribution in [2.24, 2.45) is 0 Å². The average Bonchev–Trinajstić information content (AvgIpc) is 1.75. The molecule has 15 rings (SSSR count). The van der Waals surface area contributed by atoms with Gasteiger partial charge in [0.1, 0.15) is 11.6 Å². The third-order valence-electron chi connectivity index (χ3n) is 19.1. The van der Waals surface area contributed by atoms with Gasteiger partial charge in [-0.05, 0) is 224 Å². The minimum Gasteiger partial charge on any atom is -0.295 e. The van der Waals surface area contributed by atoms with E-state index in [-0.39, 0.29) is 16.2 Å². The van der Waals surface area contributed by atoms with Crippen molar-refractivity contribution in [3.8, 4) is 33.4 Å². The second-order valence-corrected chi connectivity index (χ2v) is 26.3. The fraction of sp³-hybridized carbons (Fsp3) is 0.157. The number of rotatable bonds is 10. The highest BCUT2D eigenvalue weighted by Gasteiger charge is 2.39. The number of hydrogen-bond acceptors (Lipinski definition) is 4. The smallest absolute Gasteiger partial charge is 0.138 e. The third kappa shape index (κ3) is 9.12. The molecule has 12 aromatic rings. The molecule has 0 radical (unpaired) electrons. The molecule has 0 bridgehead atoms. The van der Waals surface area contributed by atoms with Gasteiger partial charge in [0.05, 0.1) is 11.0 Å². The van der Waals surface area contributed by atoms with Gasteiger partial charge in [0.25, 0.3) is 0 Å². The van der Waals surface area contributed by atoms with Crippen molar-refractivity contribution in [2.45, 2.75) is 85.5 Å². The predicted molar refractivity (Wildman–Crippen MR) is 369 cm³/mol. The van der Waals surface area contributed by atoms with Gasteiger partial charge in [0.15, 0.2) is 0 Å². The summed E-state index contributed by atoms with van der Waals surface area (Å²) in [5, 5.41) is 2.27. The summed E-state index contributed by atoms with van der Waals surface area (Å²) in [6.07, 6.45) is 9.17. The highest BCUT2D eigenvalue weighted by atomic mass is 15.2. The molecule has 4 heteroatoms. The second kappa shape index (κ2) is 20.1. The van der Waals surface area contributed by atoms with Crippen LogP contribution in [0.5, 0.6) is 0 Å². The normalized spacial score (nSPS) is 14.5. The number of fused-ring (bicyclic) bond motifs is 11. The lowest BCUT2D eigenvalue weighted by molar-refractivity contribution is 0.660. The molecule has 0 N–H and O–H groups in total. The van der Waals surface area contributed by atoms with Crippen molar-refractivity contribution < 1.29 is 0 Å². The quantitative estimate of drug-likeness (QED) is 0.128. The Hall–Kier alpha value is -9.90. The molecule has 3 aliphatic carbocycles. The van der Waals surface area contributed by atoms with Crippen molar-refractivity contribution >= 4 is 80.5 Å². The fourth-order valence-corrected chi connectivity index (χ4v) is 14.7. The minimum atomic E-state index is -0.216. The molecule has 0 atom stereocenters. The molecule has 0 aliphatic heterocycles. The molecule has 0 saturated carbocycles. The van der Waals surface area contributed by atoms with Crippen LogP contribution in [0.25, 0.3) is 79.5 Å². The van der Waals surface area contributed by atoms with Crippen LogP contribution in [0.4, 0.5) is 34.4 Å². The zero-order valence-corrected chi connectivity index (χ0v) is 51.4. The van der Waals surface area contributed by atoms with Gasteiger partial charge in [-0.25, -0.2) is 9.97 Å². The molecule has 0 amide bonds. The van der Waals surface area contributed by atoms with E-state index < -0.39 is 0 Å². The molecule has 2 heterocycles. The van der Waals surface area contributed by atoms with Crippen LogP contribution in [0.3, 0.4) is 0 Å². The first-order valence-corrected chi connectivity index (χ1v) is 30.7. The molecule has 0 fully saturated rings.